The first kappa shape index (κ1) is 17.3. The molecule has 2 aromatic rings. The van der Waals surface area contributed by atoms with Crippen LogP contribution >= 0.6 is 0 Å². The van der Waals surface area contributed by atoms with Crippen molar-refractivity contribution in [1.82, 2.24) is 9.55 Å². The van der Waals surface area contributed by atoms with Crippen molar-refractivity contribution < 1.29 is 18.0 Å². The van der Waals surface area contributed by atoms with Crippen molar-refractivity contribution in [3.63, 3.8) is 0 Å². The molecular weight excluding hydrogens is 327 g/mol. The summed E-state index contributed by atoms with van der Waals surface area (Å²) in [6.07, 6.45) is -2.12. The molecule has 0 amide bonds. The maximum atomic E-state index is 13.1. The van der Waals surface area contributed by atoms with Gasteiger partial charge in [-0.05, 0) is 17.7 Å². The molecule has 1 heterocycles. The first-order valence-electron chi connectivity index (χ1n) is 6.63. The third kappa shape index (κ3) is 4.00. The summed E-state index contributed by atoms with van der Waals surface area (Å²) < 4.78 is 39.7. The molecule has 126 valence electrons. The number of hydrogen-bond donors (Lipinski definition) is 1. The summed E-state index contributed by atoms with van der Waals surface area (Å²) in [7, 11) is 0. The predicted molar refractivity (Wildman–Crippen MR) is 81.4 cm³/mol. The fourth-order valence-corrected chi connectivity index (χ4v) is 1.90. The zero-order chi connectivity index (χ0) is 17.7. The van der Waals surface area contributed by atoms with Crippen molar-refractivity contribution in [1.29, 1.82) is 0 Å². The highest BCUT2D eigenvalue weighted by Crippen LogP contribution is 2.28. The molecule has 24 heavy (non-hydrogen) atoms. The van der Waals surface area contributed by atoms with E-state index < -0.39 is 23.1 Å². The van der Waals surface area contributed by atoms with Gasteiger partial charge in [-0.3, -0.25) is 14.3 Å². The summed E-state index contributed by atoms with van der Waals surface area (Å²) in [6, 6.07) is 5.94. The molecule has 2 rings (SSSR count). The fourth-order valence-electron chi connectivity index (χ4n) is 1.90. The van der Waals surface area contributed by atoms with E-state index in [-0.39, 0.29) is 12.3 Å². The molecule has 6 nitrogen and oxygen atoms in total. The van der Waals surface area contributed by atoms with Gasteiger partial charge in [-0.1, -0.05) is 29.9 Å². The van der Waals surface area contributed by atoms with Crippen LogP contribution in [0.4, 0.5) is 13.2 Å². The molecule has 1 aromatic carbocycles. The van der Waals surface area contributed by atoms with Gasteiger partial charge in [-0.15, -0.1) is 0 Å². The molecule has 0 radical (unpaired) electrons. The van der Waals surface area contributed by atoms with Crippen molar-refractivity contribution in [3.05, 3.63) is 75.1 Å². The monoisotopic (exact) mass is 339 g/mol. The van der Waals surface area contributed by atoms with Crippen molar-refractivity contribution >= 4 is 6.21 Å². The van der Waals surface area contributed by atoms with E-state index in [1.165, 1.54) is 30.5 Å². The van der Waals surface area contributed by atoms with Crippen LogP contribution in [0.3, 0.4) is 0 Å². The van der Waals surface area contributed by atoms with Gasteiger partial charge in [0.2, 0.25) is 0 Å². The standard InChI is InChI=1S/C15H12F3N3O3/c1-2-6-24-19-9-10-4-3-5-11(7-10)21-12(15(16,17)18)8-13(22)20-14(21)23/h2-5,7-9H,1,6H2,(H,20,22,23). The molecule has 0 aliphatic heterocycles. The lowest BCUT2D eigenvalue weighted by Crippen LogP contribution is -2.34. The number of nitrogens with one attached hydrogen (secondary N) is 1. The molecule has 0 unspecified atom stereocenters. The zero-order valence-corrected chi connectivity index (χ0v) is 12.2. The number of alkyl halides is 3. The Morgan fingerprint density at radius 2 is 2.04 bits per heavy atom. The first-order chi connectivity index (χ1) is 11.3. The predicted octanol–water partition coefficient (Wildman–Crippen LogP) is 2.08. The van der Waals surface area contributed by atoms with Gasteiger partial charge in [0.1, 0.15) is 12.3 Å². The number of nitrogens with zero attached hydrogens (tertiary/aromatic N) is 2. The SMILES string of the molecule is C=CCON=Cc1cccc(-n2c(C(F)(F)F)cc(=O)[nH]c2=O)c1. The molecule has 0 atom stereocenters. The number of oxime groups is 1. The highest BCUT2D eigenvalue weighted by molar-refractivity contribution is 5.80. The fraction of sp³-hybridized carbons (Fsp3) is 0.133. The molecule has 9 heteroatoms. The van der Waals surface area contributed by atoms with Gasteiger partial charge >= 0.3 is 11.9 Å². The maximum absolute atomic E-state index is 13.1. The van der Waals surface area contributed by atoms with E-state index >= 15 is 0 Å². The van der Waals surface area contributed by atoms with Crippen LogP contribution in [0, 0.1) is 0 Å². The van der Waals surface area contributed by atoms with Gasteiger partial charge in [-0.25, -0.2) is 4.79 Å². The second-order valence-corrected chi connectivity index (χ2v) is 4.57. The van der Waals surface area contributed by atoms with Crippen LogP contribution in [0.2, 0.25) is 0 Å². The normalized spacial score (nSPS) is 11.6. The maximum Gasteiger partial charge on any atom is 0.432 e. The Morgan fingerprint density at radius 3 is 2.71 bits per heavy atom. The van der Waals surface area contributed by atoms with Crippen molar-refractivity contribution in [2.24, 2.45) is 5.16 Å². The molecule has 1 N–H and O–H groups in total. The van der Waals surface area contributed by atoms with Crippen LogP contribution < -0.4 is 11.2 Å². The van der Waals surface area contributed by atoms with Crippen LogP contribution in [0.1, 0.15) is 11.3 Å². The number of hydrogen-bond acceptors (Lipinski definition) is 4. The van der Waals surface area contributed by atoms with Crippen LogP contribution in [0.15, 0.2) is 57.7 Å². The number of aromatic nitrogens is 2. The second kappa shape index (κ2) is 6.99. The van der Waals surface area contributed by atoms with Crippen LogP contribution in [0.25, 0.3) is 5.69 Å². The van der Waals surface area contributed by atoms with Crippen molar-refractivity contribution in [2.45, 2.75) is 6.18 Å². The van der Waals surface area contributed by atoms with Gasteiger partial charge in [0, 0.05) is 6.07 Å². The van der Waals surface area contributed by atoms with E-state index in [2.05, 4.69) is 11.7 Å². The molecule has 1 aromatic heterocycles. The third-order valence-corrected chi connectivity index (χ3v) is 2.83. The molecular formula is C15H12F3N3O3. The van der Waals surface area contributed by atoms with Gasteiger partial charge in [0.25, 0.3) is 5.56 Å². The van der Waals surface area contributed by atoms with E-state index in [0.29, 0.717) is 16.2 Å². The Kier molecular flexibility index (Phi) is 5.02. The quantitative estimate of drug-likeness (QED) is 0.392. The molecule has 0 spiro atoms. The minimum atomic E-state index is -4.87. The van der Waals surface area contributed by atoms with E-state index in [9.17, 15) is 22.8 Å². The topological polar surface area (TPSA) is 76.5 Å². The highest BCUT2D eigenvalue weighted by atomic mass is 19.4. The number of benzene rings is 1. The minimum Gasteiger partial charge on any atom is -0.392 e. The first-order valence-corrected chi connectivity index (χ1v) is 6.63. The number of H-pyrrole nitrogens is 1. The lowest BCUT2D eigenvalue weighted by atomic mass is 10.2. The molecule has 0 saturated heterocycles. The van der Waals surface area contributed by atoms with Crippen LogP contribution in [0.5, 0.6) is 0 Å². The van der Waals surface area contributed by atoms with Gasteiger partial charge in [-0.2, -0.15) is 13.2 Å². The second-order valence-electron chi connectivity index (χ2n) is 4.57. The largest absolute Gasteiger partial charge is 0.432 e. The third-order valence-electron chi connectivity index (χ3n) is 2.83. The molecule has 0 saturated carbocycles. The van der Waals surface area contributed by atoms with Gasteiger partial charge < -0.3 is 4.84 Å². The van der Waals surface area contributed by atoms with Crippen LogP contribution in [-0.4, -0.2) is 22.4 Å². The number of aromatic amines is 1. The molecule has 0 fully saturated rings. The average molecular weight is 339 g/mol. The molecule has 0 aliphatic carbocycles. The number of rotatable bonds is 5. The minimum absolute atomic E-state index is 0.0729. The lowest BCUT2D eigenvalue weighted by molar-refractivity contribution is -0.143. The molecule has 0 aliphatic rings. The average Bonchev–Trinajstić information content (AvgIpc) is 2.50. The van der Waals surface area contributed by atoms with Crippen LogP contribution in [-0.2, 0) is 11.0 Å². The Bertz CT molecular complexity index is 882. The Morgan fingerprint density at radius 1 is 1.29 bits per heavy atom. The van der Waals surface area contributed by atoms with E-state index in [1.54, 1.807) is 6.07 Å². The zero-order valence-electron chi connectivity index (χ0n) is 12.2. The summed E-state index contributed by atoms with van der Waals surface area (Å²) >= 11 is 0. The van der Waals surface area contributed by atoms with E-state index in [1.807, 2.05) is 4.98 Å². The van der Waals surface area contributed by atoms with E-state index in [4.69, 9.17) is 4.84 Å². The van der Waals surface area contributed by atoms with Crippen molar-refractivity contribution in [2.75, 3.05) is 6.61 Å². The van der Waals surface area contributed by atoms with Gasteiger partial charge in [0.15, 0.2) is 0 Å². The van der Waals surface area contributed by atoms with Gasteiger partial charge in [0.05, 0.1) is 11.9 Å². The number of halogens is 3. The smallest absolute Gasteiger partial charge is 0.392 e. The summed E-state index contributed by atoms with van der Waals surface area (Å²) in [6.45, 7) is 3.61. The van der Waals surface area contributed by atoms with E-state index in [0.717, 1.165) is 0 Å². The summed E-state index contributed by atoms with van der Waals surface area (Å²) in [5.74, 6) is 0. The highest BCUT2D eigenvalue weighted by Gasteiger charge is 2.35. The lowest BCUT2D eigenvalue weighted by Gasteiger charge is -2.14. The Labute approximate surface area is 133 Å². The summed E-state index contributed by atoms with van der Waals surface area (Å²) in [4.78, 5) is 29.7. The van der Waals surface area contributed by atoms with Crippen molar-refractivity contribution in [3.8, 4) is 5.69 Å². The molecule has 0 bridgehead atoms. The Hall–Kier alpha value is -3.10. The Balaban J connectivity index is 2.53. The summed E-state index contributed by atoms with van der Waals surface area (Å²) in [5, 5.41) is 3.61. The summed E-state index contributed by atoms with van der Waals surface area (Å²) in [5.41, 5.74) is -3.35.